The van der Waals surface area contributed by atoms with Gasteiger partial charge in [-0.05, 0) is 55.9 Å². The predicted octanol–water partition coefficient (Wildman–Crippen LogP) is 3.88. The SMILES string of the molecule is Cc1ccc(NC(=O)C(C)SCCCN2C(=O)c3ccccc3C2=O)cc1F. The van der Waals surface area contributed by atoms with Gasteiger partial charge in [0.2, 0.25) is 5.91 Å². The van der Waals surface area contributed by atoms with E-state index < -0.39 is 0 Å². The highest BCUT2D eigenvalue weighted by molar-refractivity contribution is 8.00. The van der Waals surface area contributed by atoms with Crippen molar-refractivity contribution in [2.24, 2.45) is 0 Å². The second-order valence-electron chi connectivity index (χ2n) is 6.63. The van der Waals surface area contributed by atoms with Crippen molar-refractivity contribution in [1.29, 1.82) is 0 Å². The van der Waals surface area contributed by atoms with Crippen LogP contribution in [0, 0.1) is 12.7 Å². The summed E-state index contributed by atoms with van der Waals surface area (Å²) in [6.45, 7) is 3.75. The number of nitrogens with zero attached hydrogens (tertiary/aromatic N) is 1. The third-order valence-electron chi connectivity index (χ3n) is 4.58. The molecule has 0 bridgehead atoms. The molecule has 7 heteroatoms. The van der Waals surface area contributed by atoms with E-state index in [2.05, 4.69) is 5.32 Å². The van der Waals surface area contributed by atoms with Crippen molar-refractivity contribution >= 4 is 35.2 Å². The molecule has 0 saturated carbocycles. The Morgan fingerprint density at radius 1 is 1.14 bits per heavy atom. The molecule has 3 rings (SSSR count). The van der Waals surface area contributed by atoms with Crippen molar-refractivity contribution < 1.29 is 18.8 Å². The number of anilines is 1. The molecule has 0 spiro atoms. The number of rotatable bonds is 7. The Bertz CT molecular complexity index is 897. The smallest absolute Gasteiger partial charge is 0.261 e. The van der Waals surface area contributed by atoms with Crippen LogP contribution < -0.4 is 5.32 Å². The molecule has 1 aliphatic rings. The summed E-state index contributed by atoms with van der Waals surface area (Å²) >= 11 is 1.43. The number of hydrogen-bond acceptors (Lipinski definition) is 4. The van der Waals surface area contributed by atoms with Gasteiger partial charge in [0, 0.05) is 12.2 Å². The molecule has 1 N–H and O–H groups in total. The van der Waals surface area contributed by atoms with Crippen LogP contribution in [-0.4, -0.2) is 40.2 Å². The minimum absolute atomic E-state index is 0.214. The zero-order valence-corrected chi connectivity index (χ0v) is 16.5. The fourth-order valence-electron chi connectivity index (χ4n) is 2.92. The average molecular weight is 400 g/mol. The molecule has 5 nitrogen and oxygen atoms in total. The van der Waals surface area contributed by atoms with Crippen LogP contribution in [0.4, 0.5) is 10.1 Å². The number of thioether (sulfide) groups is 1. The summed E-state index contributed by atoms with van der Waals surface area (Å²) in [4.78, 5) is 38.1. The van der Waals surface area contributed by atoms with Gasteiger partial charge >= 0.3 is 0 Å². The number of halogens is 1. The second-order valence-corrected chi connectivity index (χ2v) is 8.08. The van der Waals surface area contributed by atoms with E-state index in [1.54, 1.807) is 50.2 Å². The Labute approximate surface area is 167 Å². The van der Waals surface area contributed by atoms with E-state index in [0.717, 1.165) is 0 Å². The Morgan fingerprint density at radius 3 is 2.39 bits per heavy atom. The zero-order valence-electron chi connectivity index (χ0n) is 15.7. The van der Waals surface area contributed by atoms with Crippen molar-refractivity contribution in [1.82, 2.24) is 4.90 Å². The predicted molar refractivity (Wildman–Crippen MR) is 108 cm³/mol. The number of amides is 3. The van der Waals surface area contributed by atoms with Crippen LogP contribution in [0.1, 0.15) is 39.6 Å². The number of fused-ring (bicyclic) bond motifs is 1. The number of carbonyl (C=O) groups is 3. The van der Waals surface area contributed by atoms with Crippen molar-refractivity contribution in [2.75, 3.05) is 17.6 Å². The number of benzene rings is 2. The molecular weight excluding hydrogens is 379 g/mol. The lowest BCUT2D eigenvalue weighted by molar-refractivity contribution is -0.115. The van der Waals surface area contributed by atoms with Crippen LogP contribution in [0.15, 0.2) is 42.5 Å². The van der Waals surface area contributed by atoms with Crippen LogP contribution in [0.25, 0.3) is 0 Å². The first-order chi connectivity index (χ1) is 13.4. The minimum Gasteiger partial charge on any atom is -0.325 e. The number of aryl methyl sites for hydroxylation is 1. The van der Waals surface area contributed by atoms with E-state index >= 15 is 0 Å². The van der Waals surface area contributed by atoms with Crippen LogP contribution in [0.3, 0.4) is 0 Å². The lowest BCUT2D eigenvalue weighted by Gasteiger charge is -2.15. The quantitative estimate of drug-likeness (QED) is 0.566. The first-order valence-electron chi connectivity index (χ1n) is 9.02. The zero-order chi connectivity index (χ0) is 20.3. The lowest BCUT2D eigenvalue weighted by Crippen LogP contribution is -2.31. The van der Waals surface area contributed by atoms with E-state index in [9.17, 15) is 18.8 Å². The molecule has 0 aliphatic carbocycles. The van der Waals surface area contributed by atoms with E-state index in [4.69, 9.17) is 0 Å². The topological polar surface area (TPSA) is 66.5 Å². The van der Waals surface area contributed by atoms with Crippen molar-refractivity contribution in [2.45, 2.75) is 25.5 Å². The third kappa shape index (κ3) is 4.25. The second kappa shape index (κ2) is 8.56. The Kier molecular flexibility index (Phi) is 6.14. The number of nitrogens with one attached hydrogen (secondary N) is 1. The molecular formula is C21H21FN2O3S. The standard InChI is InChI=1S/C21H21FN2O3S/c1-13-8-9-15(12-18(13)22)23-19(25)14(2)28-11-5-10-24-20(26)16-6-3-4-7-17(16)21(24)27/h3-4,6-9,12,14H,5,10-11H2,1-2H3,(H,23,25). The van der Waals surface area contributed by atoms with Gasteiger partial charge in [-0.15, -0.1) is 11.8 Å². The number of imide groups is 1. The van der Waals surface area contributed by atoms with Crippen LogP contribution in [-0.2, 0) is 4.79 Å². The minimum atomic E-state index is -0.362. The fraction of sp³-hybridized carbons (Fsp3) is 0.286. The summed E-state index contributed by atoms with van der Waals surface area (Å²) < 4.78 is 13.6. The molecule has 0 radical (unpaired) electrons. The fourth-order valence-corrected chi connectivity index (χ4v) is 3.77. The summed E-state index contributed by atoms with van der Waals surface area (Å²) in [7, 11) is 0. The van der Waals surface area contributed by atoms with E-state index in [1.165, 1.54) is 22.7 Å². The van der Waals surface area contributed by atoms with Crippen molar-refractivity contribution in [3.63, 3.8) is 0 Å². The van der Waals surface area contributed by atoms with Crippen molar-refractivity contribution in [3.05, 3.63) is 65.0 Å². The first-order valence-corrected chi connectivity index (χ1v) is 10.1. The molecule has 2 aromatic rings. The van der Waals surface area contributed by atoms with Gasteiger partial charge < -0.3 is 5.32 Å². The largest absolute Gasteiger partial charge is 0.325 e. The number of hydrogen-bond donors (Lipinski definition) is 1. The van der Waals surface area contributed by atoms with E-state index in [-0.39, 0.29) is 28.8 Å². The normalized spacial score (nSPS) is 14.2. The molecule has 1 aliphatic heterocycles. The van der Waals surface area contributed by atoms with Gasteiger partial charge in [0.05, 0.1) is 16.4 Å². The summed E-state index contributed by atoms with van der Waals surface area (Å²) in [5.41, 5.74) is 1.83. The van der Waals surface area contributed by atoms with E-state index in [1.807, 2.05) is 0 Å². The molecule has 28 heavy (non-hydrogen) atoms. The van der Waals surface area contributed by atoms with Gasteiger partial charge in [-0.25, -0.2) is 4.39 Å². The Balaban J connectivity index is 1.45. The van der Waals surface area contributed by atoms with Crippen LogP contribution in [0.5, 0.6) is 0 Å². The molecule has 1 heterocycles. The first kappa shape index (κ1) is 20.1. The summed E-state index contributed by atoms with van der Waals surface area (Å²) in [6, 6.07) is 11.4. The third-order valence-corrected chi connectivity index (χ3v) is 5.82. The molecule has 0 saturated heterocycles. The van der Waals surface area contributed by atoms with Crippen molar-refractivity contribution in [3.8, 4) is 0 Å². The van der Waals surface area contributed by atoms with Gasteiger partial charge in [-0.1, -0.05) is 18.2 Å². The maximum absolute atomic E-state index is 13.6. The lowest BCUT2D eigenvalue weighted by atomic mass is 10.1. The Morgan fingerprint density at radius 2 is 1.79 bits per heavy atom. The summed E-state index contributed by atoms with van der Waals surface area (Å²) in [5, 5.41) is 2.36. The highest BCUT2D eigenvalue weighted by atomic mass is 32.2. The maximum Gasteiger partial charge on any atom is 0.261 e. The Hall–Kier alpha value is -2.67. The molecule has 0 aromatic heterocycles. The monoisotopic (exact) mass is 400 g/mol. The summed E-state index contributed by atoms with van der Waals surface area (Å²) in [6.07, 6.45) is 0.590. The van der Waals surface area contributed by atoms with Gasteiger partial charge in [-0.3, -0.25) is 19.3 Å². The highest BCUT2D eigenvalue weighted by Gasteiger charge is 2.34. The molecule has 0 fully saturated rings. The van der Waals surface area contributed by atoms with Gasteiger partial charge in [-0.2, -0.15) is 0 Å². The molecule has 1 unspecified atom stereocenters. The molecule has 2 aromatic carbocycles. The highest BCUT2D eigenvalue weighted by Crippen LogP contribution is 2.23. The van der Waals surface area contributed by atoms with Gasteiger partial charge in [0.15, 0.2) is 0 Å². The van der Waals surface area contributed by atoms with Crippen LogP contribution >= 0.6 is 11.8 Å². The molecule has 1 atom stereocenters. The summed E-state index contributed by atoms with van der Waals surface area (Å²) in [5.74, 6) is -0.492. The maximum atomic E-state index is 13.6. The average Bonchev–Trinajstić information content (AvgIpc) is 2.92. The molecule has 146 valence electrons. The van der Waals surface area contributed by atoms with Gasteiger partial charge in [0.25, 0.3) is 11.8 Å². The molecule has 3 amide bonds. The van der Waals surface area contributed by atoms with Gasteiger partial charge in [0.1, 0.15) is 5.82 Å². The number of carbonyl (C=O) groups excluding carboxylic acids is 3. The van der Waals surface area contributed by atoms with E-state index in [0.29, 0.717) is 41.1 Å². The van der Waals surface area contributed by atoms with Crippen LogP contribution in [0.2, 0.25) is 0 Å².